The van der Waals surface area contributed by atoms with Gasteiger partial charge in [-0.1, -0.05) is 0 Å². The van der Waals surface area contributed by atoms with Crippen LogP contribution in [0.4, 0.5) is 0 Å². The number of carbonyl (C=O) groups is 1. The van der Waals surface area contributed by atoms with Crippen LogP contribution in [0.3, 0.4) is 0 Å². The summed E-state index contributed by atoms with van der Waals surface area (Å²) in [5.41, 5.74) is 0. The van der Waals surface area contributed by atoms with Gasteiger partial charge in [0.25, 0.3) is 0 Å². The van der Waals surface area contributed by atoms with Crippen molar-refractivity contribution in [3.8, 4) is 0 Å². The van der Waals surface area contributed by atoms with Crippen LogP contribution in [0, 0.1) is 0 Å². The van der Waals surface area contributed by atoms with Crippen LogP contribution in [0.2, 0.25) is 0 Å². The van der Waals surface area contributed by atoms with E-state index in [4.69, 9.17) is 4.74 Å². The van der Waals surface area contributed by atoms with Crippen LogP contribution >= 0.6 is 0 Å². The molecule has 1 aromatic heterocycles. The van der Waals surface area contributed by atoms with E-state index in [9.17, 15) is 4.79 Å². The summed E-state index contributed by atoms with van der Waals surface area (Å²) >= 11 is 0. The SMILES string of the molecule is CC1CC(NC(=O)CCCn2cccc2)CC(C)O1. The Morgan fingerprint density at radius 1 is 1.26 bits per heavy atom. The second-order valence-corrected chi connectivity index (χ2v) is 5.52. The van der Waals surface area contributed by atoms with E-state index in [2.05, 4.69) is 23.7 Å². The van der Waals surface area contributed by atoms with E-state index in [-0.39, 0.29) is 24.2 Å². The van der Waals surface area contributed by atoms with Gasteiger partial charge in [0.1, 0.15) is 0 Å². The first-order valence-electron chi connectivity index (χ1n) is 7.19. The van der Waals surface area contributed by atoms with E-state index in [1.165, 1.54) is 0 Å². The molecule has 106 valence electrons. The van der Waals surface area contributed by atoms with E-state index in [1.54, 1.807) is 0 Å². The number of hydrogen-bond donors (Lipinski definition) is 1. The third-order valence-electron chi connectivity index (χ3n) is 3.55. The molecule has 0 saturated carbocycles. The number of aryl methyl sites for hydroxylation is 1. The number of ether oxygens (including phenoxy) is 1. The maximum atomic E-state index is 11.9. The van der Waals surface area contributed by atoms with Crippen molar-refractivity contribution in [2.75, 3.05) is 0 Å². The van der Waals surface area contributed by atoms with Crippen LogP contribution in [0.25, 0.3) is 0 Å². The minimum atomic E-state index is 0.165. The van der Waals surface area contributed by atoms with Crippen LogP contribution < -0.4 is 5.32 Å². The molecule has 0 bridgehead atoms. The molecule has 0 aliphatic carbocycles. The van der Waals surface area contributed by atoms with Crippen LogP contribution in [0.15, 0.2) is 24.5 Å². The summed E-state index contributed by atoms with van der Waals surface area (Å²) in [6, 6.07) is 4.29. The summed E-state index contributed by atoms with van der Waals surface area (Å²) in [6.45, 7) is 5.04. The quantitative estimate of drug-likeness (QED) is 0.887. The van der Waals surface area contributed by atoms with Gasteiger partial charge in [-0.25, -0.2) is 0 Å². The normalized spacial score (nSPS) is 27.2. The molecule has 1 fully saturated rings. The molecule has 1 saturated heterocycles. The Balaban J connectivity index is 1.66. The summed E-state index contributed by atoms with van der Waals surface area (Å²) in [5.74, 6) is 0.165. The molecule has 1 aliphatic heterocycles. The molecule has 2 heterocycles. The molecule has 4 heteroatoms. The molecule has 0 radical (unpaired) electrons. The Kier molecular flexibility index (Phi) is 5.02. The van der Waals surface area contributed by atoms with Gasteiger partial charge in [-0.2, -0.15) is 0 Å². The van der Waals surface area contributed by atoms with E-state index >= 15 is 0 Å². The minimum Gasteiger partial charge on any atom is -0.375 e. The number of nitrogens with zero attached hydrogens (tertiary/aromatic N) is 1. The molecule has 0 aromatic carbocycles. The van der Waals surface area contributed by atoms with Crippen LogP contribution in [-0.4, -0.2) is 28.7 Å². The predicted molar refractivity (Wildman–Crippen MR) is 74.8 cm³/mol. The molecular weight excluding hydrogens is 240 g/mol. The summed E-state index contributed by atoms with van der Waals surface area (Å²) in [5, 5.41) is 3.13. The third kappa shape index (κ3) is 4.71. The van der Waals surface area contributed by atoms with Crippen molar-refractivity contribution in [2.24, 2.45) is 0 Å². The van der Waals surface area contributed by atoms with Crippen molar-refractivity contribution in [1.29, 1.82) is 0 Å². The van der Waals surface area contributed by atoms with Gasteiger partial charge in [0.2, 0.25) is 5.91 Å². The number of hydrogen-bond acceptors (Lipinski definition) is 2. The minimum absolute atomic E-state index is 0.165. The highest BCUT2D eigenvalue weighted by Gasteiger charge is 2.25. The molecular formula is C15H24N2O2. The van der Waals surface area contributed by atoms with Gasteiger partial charge in [0.05, 0.1) is 12.2 Å². The highest BCUT2D eigenvalue weighted by Crippen LogP contribution is 2.19. The van der Waals surface area contributed by atoms with Crippen molar-refractivity contribution in [1.82, 2.24) is 9.88 Å². The van der Waals surface area contributed by atoms with Gasteiger partial charge >= 0.3 is 0 Å². The topological polar surface area (TPSA) is 43.3 Å². The number of amides is 1. The fourth-order valence-corrected chi connectivity index (χ4v) is 2.76. The van der Waals surface area contributed by atoms with Crippen molar-refractivity contribution < 1.29 is 9.53 Å². The average Bonchev–Trinajstić information content (AvgIpc) is 2.80. The van der Waals surface area contributed by atoms with Gasteiger partial charge in [-0.3, -0.25) is 4.79 Å². The molecule has 1 aliphatic rings. The smallest absolute Gasteiger partial charge is 0.220 e. The van der Waals surface area contributed by atoms with E-state index in [0.717, 1.165) is 25.8 Å². The van der Waals surface area contributed by atoms with Crippen LogP contribution in [0.1, 0.15) is 39.5 Å². The second kappa shape index (κ2) is 6.75. The molecule has 0 spiro atoms. The molecule has 2 unspecified atom stereocenters. The van der Waals surface area contributed by atoms with Gasteiger partial charge in [0.15, 0.2) is 0 Å². The molecule has 19 heavy (non-hydrogen) atoms. The Labute approximate surface area is 115 Å². The average molecular weight is 264 g/mol. The third-order valence-corrected chi connectivity index (χ3v) is 3.55. The van der Waals surface area contributed by atoms with Crippen molar-refractivity contribution >= 4 is 5.91 Å². The molecule has 1 N–H and O–H groups in total. The zero-order valence-corrected chi connectivity index (χ0v) is 11.8. The zero-order valence-electron chi connectivity index (χ0n) is 11.8. The van der Waals surface area contributed by atoms with E-state index in [1.807, 2.05) is 24.5 Å². The maximum Gasteiger partial charge on any atom is 0.220 e. The van der Waals surface area contributed by atoms with Crippen molar-refractivity contribution in [3.05, 3.63) is 24.5 Å². The van der Waals surface area contributed by atoms with E-state index in [0.29, 0.717) is 6.42 Å². The van der Waals surface area contributed by atoms with Gasteiger partial charge in [-0.15, -0.1) is 0 Å². The fourth-order valence-electron chi connectivity index (χ4n) is 2.76. The molecule has 1 amide bonds. The second-order valence-electron chi connectivity index (χ2n) is 5.52. The summed E-state index contributed by atoms with van der Waals surface area (Å²) < 4.78 is 7.78. The van der Waals surface area contributed by atoms with Gasteiger partial charge in [-0.05, 0) is 45.2 Å². The van der Waals surface area contributed by atoms with Crippen molar-refractivity contribution in [2.45, 2.75) is 64.3 Å². The lowest BCUT2D eigenvalue weighted by atomic mass is 9.99. The Morgan fingerprint density at radius 3 is 2.53 bits per heavy atom. The van der Waals surface area contributed by atoms with Gasteiger partial charge < -0.3 is 14.6 Å². The standard InChI is InChI=1S/C15H24N2O2/c1-12-10-14(11-13(2)19-12)16-15(18)6-5-9-17-7-3-4-8-17/h3-4,7-8,12-14H,5-6,9-11H2,1-2H3,(H,16,18). The first kappa shape index (κ1) is 14.1. The Hall–Kier alpha value is -1.29. The molecule has 2 rings (SSSR count). The molecule has 1 aromatic rings. The van der Waals surface area contributed by atoms with Crippen LogP contribution in [0.5, 0.6) is 0 Å². The lowest BCUT2D eigenvalue weighted by Crippen LogP contribution is -2.43. The highest BCUT2D eigenvalue weighted by atomic mass is 16.5. The van der Waals surface area contributed by atoms with Crippen LogP contribution in [-0.2, 0) is 16.1 Å². The van der Waals surface area contributed by atoms with E-state index < -0.39 is 0 Å². The highest BCUT2D eigenvalue weighted by molar-refractivity contribution is 5.76. The predicted octanol–water partition coefficient (Wildman–Crippen LogP) is 2.34. The largest absolute Gasteiger partial charge is 0.375 e. The Bertz CT molecular complexity index is 379. The summed E-state index contributed by atoms with van der Waals surface area (Å²) in [6.07, 6.45) is 7.87. The first-order valence-corrected chi connectivity index (χ1v) is 7.19. The molecule has 2 atom stereocenters. The van der Waals surface area contributed by atoms with Crippen molar-refractivity contribution in [3.63, 3.8) is 0 Å². The lowest BCUT2D eigenvalue weighted by Gasteiger charge is -2.32. The lowest BCUT2D eigenvalue weighted by molar-refractivity contribution is -0.123. The number of rotatable bonds is 5. The monoisotopic (exact) mass is 264 g/mol. The van der Waals surface area contributed by atoms with Gasteiger partial charge in [0, 0.05) is 31.4 Å². The zero-order chi connectivity index (χ0) is 13.7. The summed E-state index contributed by atoms with van der Waals surface area (Å²) in [4.78, 5) is 11.9. The fraction of sp³-hybridized carbons (Fsp3) is 0.667. The number of nitrogens with one attached hydrogen (secondary N) is 1. The Morgan fingerprint density at radius 2 is 1.89 bits per heavy atom. The summed E-state index contributed by atoms with van der Waals surface area (Å²) in [7, 11) is 0. The number of aromatic nitrogens is 1. The molecule has 4 nitrogen and oxygen atoms in total. The maximum absolute atomic E-state index is 11.9. The number of carbonyl (C=O) groups excluding carboxylic acids is 1. The first-order chi connectivity index (χ1) is 9.13.